The molecule has 0 aromatic rings. The van der Waals surface area contributed by atoms with E-state index in [1.54, 1.807) is 0 Å². The van der Waals surface area contributed by atoms with Crippen LogP contribution in [-0.4, -0.2) is 38.5 Å². The van der Waals surface area contributed by atoms with Crippen LogP contribution in [0.25, 0.3) is 0 Å². The highest BCUT2D eigenvalue weighted by Crippen LogP contribution is 1.94. The van der Waals surface area contributed by atoms with Crippen LogP contribution >= 0.6 is 0 Å². The normalized spacial score (nSPS) is 13.4. The number of ether oxygens (including phenoxy) is 2. The second kappa shape index (κ2) is 10.4. The lowest BCUT2D eigenvalue weighted by atomic mass is 10.2. The lowest BCUT2D eigenvalue weighted by Gasteiger charge is -2.16. The fourth-order valence-corrected chi connectivity index (χ4v) is 1.24. The number of hydrogen-bond donors (Lipinski definition) is 1. The van der Waals surface area contributed by atoms with Crippen LogP contribution in [0.2, 0.25) is 0 Å². The summed E-state index contributed by atoms with van der Waals surface area (Å²) in [6, 6.07) is 0.490. The van der Waals surface area contributed by atoms with Crippen molar-refractivity contribution >= 4 is 0 Å². The van der Waals surface area contributed by atoms with Gasteiger partial charge in [0.25, 0.3) is 0 Å². The van der Waals surface area contributed by atoms with Gasteiger partial charge in [0.05, 0.1) is 25.9 Å². The number of nitrogens with one attached hydrogen (secondary N) is 1. The first-order valence-electron chi connectivity index (χ1n) is 6.13. The molecule has 92 valence electrons. The van der Waals surface area contributed by atoms with E-state index in [9.17, 15) is 0 Å². The molecule has 1 atom stereocenters. The third-order valence-corrected chi connectivity index (χ3v) is 2.17. The van der Waals surface area contributed by atoms with Crippen LogP contribution in [-0.2, 0) is 9.47 Å². The van der Waals surface area contributed by atoms with Crippen LogP contribution in [0.15, 0.2) is 0 Å². The first-order chi connectivity index (χ1) is 7.20. The maximum Gasteiger partial charge on any atom is 0.0703 e. The molecule has 0 rings (SSSR count). The van der Waals surface area contributed by atoms with Gasteiger partial charge in [0.2, 0.25) is 0 Å². The van der Waals surface area contributed by atoms with E-state index in [0.717, 1.165) is 19.6 Å². The zero-order chi connectivity index (χ0) is 11.5. The summed E-state index contributed by atoms with van der Waals surface area (Å²) in [5.74, 6) is 0. The van der Waals surface area contributed by atoms with Gasteiger partial charge in [0.1, 0.15) is 0 Å². The molecule has 0 heterocycles. The van der Waals surface area contributed by atoms with E-state index in [-0.39, 0.29) is 0 Å². The van der Waals surface area contributed by atoms with Crippen LogP contribution in [0.4, 0.5) is 0 Å². The molecule has 1 unspecified atom stereocenters. The van der Waals surface area contributed by atoms with Crippen molar-refractivity contribution in [2.45, 2.75) is 52.7 Å². The molecule has 1 N–H and O–H groups in total. The van der Waals surface area contributed by atoms with Gasteiger partial charge in [-0.25, -0.2) is 0 Å². The van der Waals surface area contributed by atoms with Gasteiger partial charge in [-0.05, 0) is 33.2 Å². The van der Waals surface area contributed by atoms with E-state index in [0.29, 0.717) is 25.4 Å². The van der Waals surface area contributed by atoms with Gasteiger partial charge in [-0.2, -0.15) is 0 Å². The fourth-order valence-electron chi connectivity index (χ4n) is 1.24. The zero-order valence-electron chi connectivity index (χ0n) is 10.7. The number of rotatable bonds is 10. The molecule has 0 aliphatic carbocycles. The first-order valence-corrected chi connectivity index (χ1v) is 6.13. The molecular weight excluding hydrogens is 190 g/mol. The molecule has 0 amide bonds. The Balaban J connectivity index is 3.30. The third kappa shape index (κ3) is 10.2. The summed E-state index contributed by atoms with van der Waals surface area (Å²) in [7, 11) is 0. The van der Waals surface area contributed by atoms with Crippen molar-refractivity contribution in [3.8, 4) is 0 Å². The zero-order valence-corrected chi connectivity index (χ0v) is 10.7. The van der Waals surface area contributed by atoms with E-state index in [4.69, 9.17) is 9.47 Å². The minimum absolute atomic E-state index is 0.300. The molecule has 0 aromatic carbocycles. The molecule has 0 saturated carbocycles. The van der Waals surface area contributed by atoms with Crippen molar-refractivity contribution in [3.05, 3.63) is 0 Å². The summed E-state index contributed by atoms with van der Waals surface area (Å²) >= 11 is 0. The summed E-state index contributed by atoms with van der Waals surface area (Å²) in [6.45, 7) is 11.7. The van der Waals surface area contributed by atoms with Gasteiger partial charge in [-0.1, -0.05) is 13.8 Å². The average molecular weight is 217 g/mol. The van der Waals surface area contributed by atoms with Crippen molar-refractivity contribution in [1.29, 1.82) is 0 Å². The van der Waals surface area contributed by atoms with Crippen LogP contribution in [0.1, 0.15) is 40.5 Å². The molecule has 0 saturated heterocycles. The van der Waals surface area contributed by atoms with Crippen molar-refractivity contribution in [2.75, 3.05) is 26.4 Å². The smallest absolute Gasteiger partial charge is 0.0703 e. The second-order valence-electron chi connectivity index (χ2n) is 4.05. The molecule has 0 aromatic heterocycles. The summed E-state index contributed by atoms with van der Waals surface area (Å²) < 4.78 is 10.9. The Morgan fingerprint density at radius 1 is 1.13 bits per heavy atom. The molecule has 3 nitrogen and oxygen atoms in total. The molecule has 0 radical (unpaired) electrons. The van der Waals surface area contributed by atoms with Crippen LogP contribution in [0.3, 0.4) is 0 Å². The van der Waals surface area contributed by atoms with Crippen LogP contribution in [0.5, 0.6) is 0 Å². The third-order valence-electron chi connectivity index (χ3n) is 2.17. The molecular formula is C12H27NO2. The first kappa shape index (κ1) is 14.9. The largest absolute Gasteiger partial charge is 0.377 e. The van der Waals surface area contributed by atoms with Crippen molar-refractivity contribution in [1.82, 2.24) is 5.32 Å². The molecule has 3 heteroatoms. The highest BCUT2D eigenvalue weighted by Gasteiger charge is 2.04. The monoisotopic (exact) mass is 217 g/mol. The lowest BCUT2D eigenvalue weighted by Crippen LogP contribution is -2.33. The molecule has 0 bridgehead atoms. The maximum atomic E-state index is 5.55. The van der Waals surface area contributed by atoms with Crippen LogP contribution < -0.4 is 5.32 Å². The Bertz CT molecular complexity index is 129. The molecule has 0 aliphatic heterocycles. The van der Waals surface area contributed by atoms with Gasteiger partial charge in [0.15, 0.2) is 0 Å². The summed E-state index contributed by atoms with van der Waals surface area (Å²) in [5.41, 5.74) is 0. The topological polar surface area (TPSA) is 30.5 Å². The SMILES string of the molecule is CCCNC(CC)COCCOC(C)C. The van der Waals surface area contributed by atoms with E-state index in [2.05, 4.69) is 19.2 Å². The number of hydrogen-bond acceptors (Lipinski definition) is 3. The Morgan fingerprint density at radius 3 is 2.40 bits per heavy atom. The summed E-state index contributed by atoms with van der Waals surface area (Å²) in [5, 5.41) is 3.45. The summed E-state index contributed by atoms with van der Waals surface area (Å²) in [6.07, 6.45) is 2.59. The van der Waals surface area contributed by atoms with E-state index in [1.807, 2.05) is 13.8 Å². The van der Waals surface area contributed by atoms with Gasteiger partial charge >= 0.3 is 0 Å². The minimum Gasteiger partial charge on any atom is -0.377 e. The van der Waals surface area contributed by atoms with Gasteiger partial charge < -0.3 is 14.8 Å². The second-order valence-corrected chi connectivity index (χ2v) is 4.05. The standard InChI is InChI=1S/C12H27NO2/c1-5-7-13-12(6-2)10-14-8-9-15-11(3)4/h11-13H,5-10H2,1-4H3. The van der Waals surface area contributed by atoms with Gasteiger partial charge in [0, 0.05) is 6.04 Å². The Morgan fingerprint density at radius 2 is 1.87 bits per heavy atom. The molecule has 0 fully saturated rings. The Labute approximate surface area is 94.5 Å². The Hall–Kier alpha value is -0.120. The highest BCUT2D eigenvalue weighted by atomic mass is 16.5. The lowest BCUT2D eigenvalue weighted by molar-refractivity contribution is 0.0136. The quantitative estimate of drug-likeness (QED) is 0.569. The van der Waals surface area contributed by atoms with Crippen LogP contribution in [0, 0.1) is 0 Å². The van der Waals surface area contributed by atoms with Crippen molar-refractivity contribution < 1.29 is 9.47 Å². The predicted molar refractivity (Wildman–Crippen MR) is 64.3 cm³/mol. The molecule has 0 spiro atoms. The van der Waals surface area contributed by atoms with E-state index < -0.39 is 0 Å². The van der Waals surface area contributed by atoms with E-state index in [1.165, 1.54) is 6.42 Å². The van der Waals surface area contributed by atoms with Crippen molar-refractivity contribution in [2.24, 2.45) is 0 Å². The molecule has 15 heavy (non-hydrogen) atoms. The minimum atomic E-state index is 0.300. The van der Waals surface area contributed by atoms with Gasteiger partial charge in [-0.15, -0.1) is 0 Å². The predicted octanol–water partition coefficient (Wildman–Crippen LogP) is 2.21. The average Bonchev–Trinajstić information content (AvgIpc) is 2.21. The van der Waals surface area contributed by atoms with Crippen molar-refractivity contribution in [3.63, 3.8) is 0 Å². The van der Waals surface area contributed by atoms with Gasteiger partial charge in [-0.3, -0.25) is 0 Å². The Kier molecular flexibility index (Phi) is 10.3. The highest BCUT2D eigenvalue weighted by molar-refractivity contribution is 4.62. The van der Waals surface area contributed by atoms with E-state index >= 15 is 0 Å². The molecule has 0 aliphatic rings. The summed E-state index contributed by atoms with van der Waals surface area (Å²) in [4.78, 5) is 0. The fraction of sp³-hybridized carbons (Fsp3) is 1.00. The maximum absolute atomic E-state index is 5.55.